The largest absolute Gasteiger partial charge is 0.389 e. The molecular weight excluding hydrogens is 519 g/mol. The number of piperidine rings is 1. The smallest absolute Gasteiger partial charge is 0.280 e. The molecular formula is C26H34F3N5O3S. The van der Waals surface area contributed by atoms with Crippen LogP contribution in [0.3, 0.4) is 0 Å². The van der Waals surface area contributed by atoms with Crippen molar-refractivity contribution in [3.8, 4) is 10.4 Å². The van der Waals surface area contributed by atoms with Crippen molar-refractivity contribution < 1.29 is 27.9 Å². The van der Waals surface area contributed by atoms with Crippen molar-refractivity contribution in [2.45, 2.75) is 83.0 Å². The second kappa shape index (κ2) is 11.2. The van der Waals surface area contributed by atoms with E-state index in [1.807, 2.05) is 6.92 Å². The number of pyridine rings is 1. The van der Waals surface area contributed by atoms with Gasteiger partial charge >= 0.3 is 0 Å². The number of halogens is 3. The highest BCUT2D eigenvalue weighted by molar-refractivity contribution is 7.17. The fourth-order valence-corrected chi connectivity index (χ4v) is 5.74. The lowest BCUT2D eigenvalue weighted by atomic mass is 9.92. The SMILES string of the molecule is Cc1cc(NC2CCCC(F)(F)C2)ncc1-c1sc(C(=O)NCC(C)(C)O)nc1C(=O)N1CCC(F)CC1. The Hall–Kier alpha value is -2.73. The summed E-state index contributed by atoms with van der Waals surface area (Å²) < 4.78 is 41.3. The molecule has 1 aliphatic carbocycles. The van der Waals surface area contributed by atoms with Gasteiger partial charge in [0.05, 0.1) is 10.5 Å². The van der Waals surface area contributed by atoms with Gasteiger partial charge in [0.25, 0.3) is 11.8 Å². The molecule has 38 heavy (non-hydrogen) atoms. The Morgan fingerprint density at radius 3 is 2.61 bits per heavy atom. The highest BCUT2D eigenvalue weighted by atomic mass is 32.1. The summed E-state index contributed by atoms with van der Waals surface area (Å²) in [5.41, 5.74) is 0.274. The summed E-state index contributed by atoms with van der Waals surface area (Å²) in [5.74, 6) is -3.15. The van der Waals surface area contributed by atoms with Gasteiger partial charge in [-0.2, -0.15) is 0 Å². The fraction of sp³-hybridized carbons (Fsp3) is 0.615. The second-order valence-electron chi connectivity index (χ2n) is 10.8. The van der Waals surface area contributed by atoms with E-state index >= 15 is 0 Å². The molecule has 2 aromatic rings. The van der Waals surface area contributed by atoms with Crippen LogP contribution in [-0.2, 0) is 0 Å². The van der Waals surface area contributed by atoms with Crippen molar-refractivity contribution in [2.24, 2.45) is 0 Å². The third-order valence-corrected chi connectivity index (χ3v) is 7.85. The molecule has 3 heterocycles. The minimum atomic E-state index is -2.69. The maximum Gasteiger partial charge on any atom is 0.280 e. The Kier molecular flexibility index (Phi) is 8.32. The summed E-state index contributed by atoms with van der Waals surface area (Å²) in [6.07, 6.45) is 1.80. The van der Waals surface area contributed by atoms with Crippen LogP contribution in [0.4, 0.5) is 19.0 Å². The molecule has 2 aromatic heterocycles. The maximum absolute atomic E-state index is 13.8. The normalized spacial score (nSPS) is 20.3. The van der Waals surface area contributed by atoms with E-state index in [0.29, 0.717) is 29.1 Å². The van der Waals surface area contributed by atoms with Gasteiger partial charge in [0, 0.05) is 50.3 Å². The van der Waals surface area contributed by atoms with Gasteiger partial charge in [-0.3, -0.25) is 9.59 Å². The molecule has 0 bridgehead atoms. The number of hydrogen-bond acceptors (Lipinski definition) is 7. The van der Waals surface area contributed by atoms with Crippen LogP contribution in [0.25, 0.3) is 10.4 Å². The first-order chi connectivity index (χ1) is 17.8. The molecule has 2 amide bonds. The zero-order chi connectivity index (χ0) is 27.7. The number of carbonyl (C=O) groups excluding carboxylic acids is 2. The molecule has 0 spiro atoms. The molecule has 2 fully saturated rings. The summed E-state index contributed by atoms with van der Waals surface area (Å²) in [6.45, 7) is 5.43. The molecule has 2 aliphatic rings. The average Bonchev–Trinajstić information content (AvgIpc) is 3.27. The van der Waals surface area contributed by atoms with Gasteiger partial charge < -0.3 is 20.6 Å². The van der Waals surface area contributed by atoms with E-state index in [0.717, 1.165) is 16.9 Å². The van der Waals surface area contributed by atoms with Crippen molar-refractivity contribution in [1.82, 2.24) is 20.2 Å². The van der Waals surface area contributed by atoms with Crippen LogP contribution in [-0.4, -0.2) is 75.2 Å². The lowest BCUT2D eigenvalue weighted by Gasteiger charge is -2.30. The Bertz CT molecular complexity index is 1180. The number of hydrogen-bond donors (Lipinski definition) is 3. The van der Waals surface area contributed by atoms with Crippen molar-refractivity contribution >= 4 is 29.0 Å². The lowest BCUT2D eigenvalue weighted by Crippen LogP contribution is -2.39. The summed E-state index contributed by atoms with van der Waals surface area (Å²) >= 11 is 1.03. The highest BCUT2D eigenvalue weighted by Gasteiger charge is 2.36. The van der Waals surface area contributed by atoms with Crippen molar-refractivity contribution in [3.05, 3.63) is 28.5 Å². The number of carbonyl (C=O) groups is 2. The molecule has 208 valence electrons. The quantitative estimate of drug-likeness (QED) is 0.464. The minimum absolute atomic E-state index is 0.00476. The molecule has 0 aromatic carbocycles. The molecule has 3 N–H and O–H groups in total. The molecule has 1 aliphatic heterocycles. The van der Waals surface area contributed by atoms with Crippen LogP contribution in [0.15, 0.2) is 12.3 Å². The Balaban J connectivity index is 1.62. The molecule has 1 saturated carbocycles. The summed E-state index contributed by atoms with van der Waals surface area (Å²) in [6, 6.07) is 1.35. The zero-order valence-corrected chi connectivity index (χ0v) is 22.6. The Morgan fingerprint density at radius 1 is 1.26 bits per heavy atom. The number of nitrogens with one attached hydrogen (secondary N) is 2. The third kappa shape index (κ3) is 7.02. The number of aliphatic hydroxyl groups is 1. The summed E-state index contributed by atoms with van der Waals surface area (Å²) in [5, 5.41) is 15.7. The molecule has 12 heteroatoms. The van der Waals surface area contributed by atoms with Gasteiger partial charge in [-0.25, -0.2) is 23.1 Å². The van der Waals surface area contributed by atoms with Crippen molar-refractivity contribution in [2.75, 3.05) is 25.0 Å². The molecule has 4 rings (SSSR count). The predicted octanol–water partition coefficient (Wildman–Crippen LogP) is 4.58. The van der Waals surface area contributed by atoms with Crippen molar-refractivity contribution in [3.63, 3.8) is 0 Å². The van der Waals surface area contributed by atoms with Crippen LogP contribution in [0.5, 0.6) is 0 Å². The van der Waals surface area contributed by atoms with E-state index in [1.54, 1.807) is 26.1 Å². The summed E-state index contributed by atoms with van der Waals surface area (Å²) in [4.78, 5) is 37.0. The van der Waals surface area contributed by atoms with Gasteiger partial charge in [0.1, 0.15) is 17.7 Å². The first-order valence-corrected chi connectivity index (χ1v) is 13.7. The van der Waals surface area contributed by atoms with E-state index in [4.69, 9.17) is 0 Å². The molecule has 0 radical (unpaired) electrons. The van der Waals surface area contributed by atoms with Gasteiger partial charge in [-0.15, -0.1) is 11.3 Å². The number of aryl methyl sites for hydroxylation is 1. The number of alkyl halides is 3. The number of aromatic nitrogens is 2. The third-order valence-electron chi connectivity index (χ3n) is 6.76. The zero-order valence-electron chi connectivity index (χ0n) is 21.8. The molecule has 1 saturated heterocycles. The topological polar surface area (TPSA) is 107 Å². The summed E-state index contributed by atoms with van der Waals surface area (Å²) in [7, 11) is 0. The number of anilines is 1. The van der Waals surface area contributed by atoms with Gasteiger partial charge in [-0.1, -0.05) is 0 Å². The minimum Gasteiger partial charge on any atom is -0.389 e. The van der Waals surface area contributed by atoms with Crippen LogP contribution >= 0.6 is 11.3 Å². The number of amides is 2. The average molecular weight is 554 g/mol. The van der Waals surface area contributed by atoms with E-state index in [-0.39, 0.29) is 62.1 Å². The van der Waals surface area contributed by atoms with Crippen LogP contribution in [0.1, 0.15) is 78.2 Å². The molecule has 1 unspecified atom stereocenters. The molecule has 1 atom stereocenters. The highest BCUT2D eigenvalue weighted by Crippen LogP contribution is 2.36. The van der Waals surface area contributed by atoms with Crippen molar-refractivity contribution in [1.29, 1.82) is 0 Å². The lowest BCUT2D eigenvalue weighted by molar-refractivity contribution is -0.0373. The molecule has 8 nitrogen and oxygen atoms in total. The van der Waals surface area contributed by atoms with E-state index < -0.39 is 29.5 Å². The van der Waals surface area contributed by atoms with Gasteiger partial charge in [-0.05, 0) is 58.1 Å². The van der Waals surface area contributed by atoms with Gasteiger partial charge in [0.2, 0.25) is 5.92 Å². The number of rotatable bonds is 7. The Morgan fingerprint density at radius 2 is 1.97 bits per heavy atom. The standard InChI is InChI=1S/C26H34F3N5O3S/c1-15-11-19(32-17-5-4-8-26(28,29)12-17)30-13-18(15)21-20(24(36)34-9-6-16(27)7-10-34)33-23(38-21)22(35)31-14-25(2,3)37/h11,13,16-17,37H,4-10,12,14H2,1-3H3,(H,30,32)(H,31,35). The van der Waals surface area contributed by atoms with E-state index in [2.05, 4.69) is 20.6 Å². The number of thiazole rings is 1. The van der Waals surface area contributed by atoms with Crippen LogP contribution in [0, 0.1) is 6.92 Å². The number of likely N-dealkylation sites (tertiary alicyclic amines) is 1. The van der Waals surface area contributed by atoms with Crippen LogP contribution < -0.4 is 10.6 Å². The predicted molar refractivity (Wildman–Crippen MR) is 140 cm³/mol. The monoisotopic (exact) mass is 553 g/mol. The van der Waals surface area contributed by atoms with Crippen LogP contribution in [0.2, 0.25) is 0 Å². The van der Waals surface area contributed by atoms with E-state index in [1.165, 1.54) is 4.90 Å². The second-order valence-corrected chi connectivity index (χ2v) is 11.8. The van der Waals surface area contributed by atoms with Gasteiger partial charge in [0.15, 0.2) is 5.01 Å². The maximum atomic E-state index is 13.8. The first-order valence-electron chi connectivity index (χ1n) is 12.9. The van der Waals surface area contributed by atoms with E-state index in [9.17, 15) is 27.9 Å². The first kappa shape index (κ1) is 28.3. The number of nitrogens with zero attached hydrogens (tertiary/aromatic N) is 3. The Labute approximate surface area is 224 Å². The fourth-order valence-electron chi connectivity index (χ4n) is 4.69.